The van der Waals surface area contributed by atoms with Gasteiger partial charge < -0.3 is 4.90 Å². The molecule has 1 aliphatic heterocycles. The van der Waals surface area contributed by atoms with Crippen LogP contribution in [0.15, 0.2) is 60.7 Å². The molecule has 2 heterocycles. The van der Waals surface area contributed by atoms with E-state index in [1.807, 2.05) is 46.0 Å². The van der Waals surface area contributed by atoms with Gasteiger partial charge in [0.25, 0.3) is 5.91 Å². The van der Waals surface area contributed by atoms with Crippen molar-refractivity contribution in [1.29, 1.82) is 0 Å². The molecule has 2 aromatic carbocycles. The zero-order valence-corrected chi connectivity index (χ0v) is 16.9. The molecular formula is C24H27N3O. The highest BCUT2D eigenvalue weighted by Gasteiger charge is 2.28. The largest absolute Gasteiger partial charge is 0.307 e. The normalized spacial score (nSPS) is 14.0. The molecule has 4 heteroatoms. The predicted octanol–water partition coefficient (Wildman–Crippen LogP) is 4.82. The summed E-state index contributed by atoms with van der Waals surface area (Å²) in [6.45, 7) is 7.73. The van der Waals surface area contributed by atoms with Crippen LogP contribution in [-0.4, -0.2) is 22.2 Å². The van der Waals surface area contributed by atoms with Gasteiger partial charge in [-0.1, -0.05) is 69.3 Å². The van der Waals surface area contributed by atoms with Gasteiger partial charge in [-0.3, -0.25) is 9.48 Å². The Balaban J connectivity index is 1.74. The topological polar surface area (TPSA) is 38.1 Å². The lowest BCUT2D eigenvalue weighted by molar-refractivity contribution is 0.0975. The molecule has 4 rings (SSSR count). The number of aromatic nitrogens is 2. The lowest BCUT2D eigenvalue weighted by Crippen LogP contribution is -2.36. The SMILES string of the molecule is CC(C)(C)c1cc(C(=O)N2CCCc3ccccc32)n(Cc2ccccc2)n1. The number of nitrogens with zero attached hydrogens (tertiary/aromatic N) is 3. The Kier molecular flexibility index (Phi) is 4.80. The number of carbonyl (C=O) groups is 1. The van der Waals surface area contributed by atoms with Crippen LogP contribution in [0.3, 0.4) is 0 Å². The van der Waals surface area contributed by atoms with Crippen molar-refractivity contribution in [3.05, 3.63) is 83.2 Å². The van der Waals surface area contributed by atoms with Crippen LogP contribution in [-0.2, 0) is 18.4 Å². The number of benzene rings is 2. The van der Waals surface area contributed by atoms with Crippen LogP contribution in [0, 0.1) is 0 Å². The number of para-hydroxylation sites is 1. The molecular weight excluding hydrogens is 346 g/mol. The van der Waals surface area contributed by atoms with Gasteiger partial charge in [-0.05, 0) is 36.1 Å². The van der Waals surface area contributed by atoms with E-state index in [1.54, 1.807) is 0 Å². The van der Waals surface area contributed by atoms with Crippen molar-refractivity contribution in [1.82, 2.24) is 9.78 Å². The molecule has 0 N–H and O–H groups in total. The molecule has 28 heavy (non-hydrogen) atoms. The summed E-state index contributed by atoms with van der Waals surface area (Å²) in [5.41, 5.74) is 4.90. The average molecular weight is 374 g/mol. The highest BCUT2D eigenvalue weighted by Crippen LogP contribution is 2.29. The van der Waals surface area contributed by atoms with E-state index in [0.29, 0.717) is 12.2 Å². The second-order valence-electron chi connectivity index (χ2n) is 8.50. The molecule has 1 aromatic heterocycles. The van der Waals surface area contributed by atoms with Crippen molar-refractivity contribution in [3.63, 3.8) is 0 Å². The maximum absolute atomic E-state index is 13.6. The fraction of sp³-hybridized carbons (Fsp3) is 0.333. The van der Waals surface area contributed by atoms with Gasteiger partial charge in [0.1, 0.15) is 5.69 Å². The number of rotatable bonds is 3. The van der Waals surface area contributed by atoms with E-state index >= 15 is 0 Å². The van der Waals surface area contributed by atoms with Gasteiger partial charge in [0.05, 0.1) is 12.2 Å². The number of carbonyl (C=O) groups excluding carboxylic acids is 1. The minimum Gasteiger partial charge on any atom is -0.307 e. The van der Waals surface area contributed by atoms with Crippen LogP contribution in [0.25, 0.3) is 0 Å². The average Bonchev–Trinajstić information content (AvgIpc) is 3.12. The molecule has 0 radical (unpaired) electrons. The van der Waals surface area contributed by atoms with Crippen molar-refractivity contribution >= 4 is 11.6 Å². The van der Waals surface area contributed by atoms with Crippen molar-refractivity contribution < 1.29 is 4.79 Å². The quantitative estimate of drug-likeness (QED) is 0.660. The Bertz CT molecular complexity index is 983. The van der Waals surface area contributed by atoms with Crippen molar-refractivity contribution in [3.8, 4) is 0 Å². The Morgan fingerprint density at radius 3 is 2.50 bits per heavy atom. The third-order valence-corrected chi connectivity index (χ3v) is 5.30. The highest BCUT2D eigenvalue weighted by molar-refractivity contribution is 6.05. The van der Waals surface area contributed by atoms with Gasteiger partial charge in [0.15, 0.2) is 0 Å². The first-order valence-electron chi connectivity index (χ1n) is 9.95. The van der Waals surface area contributed by atoms with Gasteiger partial charge in [-0.2, -0.15) is 5.10 Å². The van der Waals surface area contributed by atoms with Crippen LogP contribution in [0.2, 0.25) is 0 Å². The third-order valence-electron chi connectivity index (χ3n) is 5.30. The summed E-state index contributed by atoms with van der Waals surface area (Å²) in [7, 11) is 0. The fourth-order valence-electron chi connectivity index (χ4n) is 3.72. The summed E-state index contributed by atoms with van der Waals surface area (Å²) in [4.78, 5) is 15.5. The minimum absolute atomic E-state index is 0.0334. The number of hydrogen-bond acceptors (Lipinski definition) is 2. The maximum Gasteiger partial charge on any atom is 0.276 e. The second-order valence-corrected chi connectivity index (χ2v) is 8.50. The molecule has 1 aliphatic rings. The first kappa shape index (κ1) is 18.5. The fourth-order valence-corrected chi connectivity index (χ4v) is 3.72. The summed E-state index contributed by atoms with van der Waals surface area (Å²) < 4.78 is 1.87. The summed E-state index contributed by atoms with van der Waals surface area (Å²) in [6.07, 6.45) is 2.01. The predicted molar refractivity (Wildman–Crippen MR) is 113 cm³/mol. The number of amides is 1. The first-order valence-corrected chi connectivity index (χ1v) is 9.95. The van der Waals surface area contributed by atoms with Crippen molar-refractivity contribution in [2.45, 2.75) is 45.6 Å². The molecule has 0 aliphatic carbocycles. The molecule has 0 atom stereocenters. The standard InChI is InChI=1S/C24H27N3O/c1-24(2,3)22-16-21(27(25-22)17-18-10-5-4-6-11-18)23(28)26-15-9-13-19-12-7-8-14-20(19)26/h4-8,10-12,14,16H,9,13,15,17H2,1-3H3. The van der Waals surface area contributed by atoms with Crippen LogP contribution in [0.4, 0.5) is 5.69 Å². The third kappa shape index (κ3) is 3.59. The van der Waals surface area contributed by atoms with Gasteiger partial charge in [0, 0.05) is 17.6 Å². The lowest BCUT2D eigenvalue weighted by Gasteiger charge is -2.29. The molecule has 0 fully saturated rings. The number of fused-ring (bicyclic) bond motifs is 1. The van der Waals surface area contributed by atoms with Crippen LogP contribution in [0.5, 0.6) is 0 Å². The monoisotopic (exact) mass is 373 g/mol. The second kappa shape index (κ2) is 7.27. The van der Waals surface area contributed by atoms with E-state index in [9.17, 15) is 4.79 Å². The van der Waals surface area contributed by atoms with E-state index < -0.39 is 0 Å². The summed E-state index contributed by atoms with van der Waals surface area (Å²) in [5, 5.41) is 4.82. The zero-order valence-electron chi connectivity index (χ0n) is 16.9. The Labute approximate surface area is 166 Å². The highest BCUT2D eigenvalue weighted by atomic mass is 16.2. The molecule has 4 nitrogen and oxygen atoms in total. The Hall–Kier alpha value is -2.88. The summed E-state index contributed by atoms with van der Waals surface area (Å²) >= 11 is 0. The van der Waals surface area contributed by atoms with E-state index in [-0.39, 0.29) is 11.3 Å². The molecule has 3 aromatic rings. The number of aryl methyl sites for hydroxylation is 1. The van der Waals surface area contributed by atoms with Gasteiger partial charge in [-0.25, -0.2) is 0 Å². The van der Waals surface area contributed by atoms with E-state index in [0.717, 1.165) is 36.3 Å². The summed E-state index contributed by atoms with van der Waals surface area (Å²) in [5.74, 6) is 0.0334. The Morgan fingerprint density at radius 2 is 1.75 bits per heavy atom. The van der Waals surface area contributed by atoms with Crippen LogP contribution >= 0.6 is 0 Å². The first-order chi connectivity index (χ1) is 13.4. The molecule has 144 valence electrons. The van der Waals surface area contributed by atoms with E-state index in [4.69, 9.17) is 5.10 Å². The smallest absolute Gasteiger partial charge is 0.276 e. The maximum atomic E-state index is 13.6. The zero-order chi connectivity index (χ0) is 19.7. The van der Waals surface area contributed by atoms with E-state index in [2.05, 4.69) is 45.0 Å². The molecule has 0 unspecified atom stereocenters. The van der Waals surface area contributed by atoms with Crippen LogP contribution < -0.4 is 4.90 Å². The van der Waals surface area contributed by atoms with Crippen molar-refractivity contribution in [2.75, 3.05) is 11.4 Å². The van der Waals surface area contributed by atoms with E-state index in [1.165, 1.54) is 5.56 Å². The number of hydrogen-bond donors (Lipinski definition) is 0. The number of anilines is 1. The van der Waals surface area contributed by atoms with Gasteiger partial charge in [0.2, 0.25) is 0 Å². The Morgan fingerprint density at radius 1 is 1.04 bits per heavy atom. The molecule has 1 amide bonds. The molecule has 0 spiro atoms. The lowest BCUT2D eigenvalue weighted by atomic mass is 9.92. The molecule has 0 bridgehead atoms. The molecule has 0 saturated heterocycles. The van der Waals surface area contributed by atoms with Gasteiger partial charge >= 0.3 is 0 Å². The van der Waals surface area contributed by atoms with Crippen LogP contribution in [0.1, 0.15) is 54.5 Å². The summed E-state index contributed by atoms with van der Waals surface area (Å²) in [6, 6.07) is 20.4. The van der Waals surface area contributed by atoms with Crippen molar-refractivity contribution in [2.24, 2.45) is 0 Å². The minimum atomic E-state index is -0.114. The van der Waals surface area contributed by atoms with Gasteiger partial charge in [-0.15, -0.1) is 0 Å². The molecule has 0 saturated carbocycles.